The monoisotopic (exact) mass is 428 g/mol. The number of pyridine rings is 1. The molecule has 0 bridgehead atoms. The molecule has 1 aromatic heterocycles. The molecule has 0 unspecified atom stereocenters. The number of methoxy groups -OCH3 is 2. The molecule has 0 radical (unpaired) electrons. The van der Waals surface area contributed by atoms with Crippen LogP contribution in [0.15, 0.2) is 67.0 Å². The maximum absolute atomic E-state index is 7.48. The highest BCUT2D eigenvalue weighted by Crippen LogP contribution is 2.27. The first-order chi connectivity index (χ1) is 15.5. The van der Waals surface area contributed by atoms with E-state index < -0.39 is 0 Å². The van der Waals surface area contributed by atoms with Crippen molar-refractivity contribution in [2.24, 2.45) is 0 Å². The molecule has 0 N–H and O–H groups in total. The average molecular weight is 429 g/mol. The van der Waals surface area contributed by atoms with Crippen LogP contribution in [0.4, 0.5) is 11.5 Å². The summed E-state index contributed by atoms with van der Waals surface area (Å²) in [6.45, 7) is 8.81. The molecule has 2 aromatic carbocycles. The van der Waals surface area contributed by atoms with Crippen molar-refractivity contribution in [1.82, 2.24) is 9.88 Å². The molecule has 6 nitrogen and oxygen atoms in total. The second-order valence-electron chi connectivity index (χ2n) is 7.54. The lowest BCUT2D eigenvalue weighted by Crippen LogP contribution is -2.23. The molecule has 0 aliphatic carbocycles. The zero-order valence-corrected chi connectivity index (χ0v) is 18.9. The molecule has 0 aliphatic heterocycles. The molecule has 3 aromatic rings. The van der Waals surface area contributed by atoms with Crippen LogP contribution in [0.5, 0.6) is 11.5 Å². The number of rotatable bonds is 9. The summed E-state index contributed by atoms with van der Waals surface area (Å²) in [5.74, 6) is 2.46. The van der Waals surface area contributed by atoms with Gasteiger partial charge in [0.05, 0.1) is 20.8 Å². The lowest BCUT2D eigenvalue weighted by molar-refractivity contribution is 0.414. The van der Waals surface area contributed by atoms with E-state index in [1.807, 2.05) is 61.6 Å². The van der Waals surface area contributed by atoms with Crippen molar-refractivity contribution in [2.75, 3.05) is 33.2 Å². The standard InChI is InChI=1S/C26H28N4O2/c1-27-25-17-28-26(16-22(25)14-15-29(2)3)30(18-20-6-10-23(31-4)11-7-20)19-21-8-12-24(32-5)13-9-21/h6-17H,18-19H2,2-5H3/b15-14+. The van der Waals surface area contributed by atoms with Crippen LogP contribution in [0.1, 0.15) is 16.7 Å². The molecule has 164 valence electrons. The van der Waals surface area contributed by atoms with Crippen molar-refractivity contribution in [3.63, 3.8) is 0 Å². The Labute approximate surface area is 190 Å². The van der Waals surface area contributed by atoms with Gasteiger partial charge in [0.1, 0.15) is 17.3 Å². The Balaban J connectivity index is 1.96. The van der Waals surface area contributed by atoms with Gasteiger partial charge in [-0.2, -0.15) is 0 Å². The SMILES string of the molecule is [C-]#[N+]c1cnc(N(Cc2ccc(OC)cc2)Cc2ccc(OC)cc2)cc1/C=C/N(C)C. The van der Waals surface area contributed by atoms with Crippen molar-refractivity contribution in [3.05, 3.63) is 95.1 Å². The van der Waals surface area contributed by atoms with Crippen LogP contribution in [0.2, 0.25) is 0 Å². The Kier molecular flexibility index (Phi) is 7.71. The van der Waals surface area contributed by atoms with Gasteiger partial charge in [-0.1, -0.05) is 24.3 Å². The summed E-state index contributed by atoms with van der Waals surface area (Å²) in [4.78, 5) is 12.4. The van der Waals surface area contributed by atoms with Crippen LogP contribution in [-0.4, -0.2) is 38.2 Å². The Morgan fingerprint density at radius 2 is 1.44 bits per heavy atom. The summed E-state index contributed by atoms with van der Waals surface area (Å²) in [5.41, 5.74) is 3.65. The van der Waals surface area contributed by atoms with Crippen LogP contribution in [0.3, 0.4) is 0 Å². The maximum atomic E-state index is 7.48. The first-order valence-corrected chi connectivity index (χ1v) is 10.3. The van der Waals surface area contributed by atoms with E-state index >= 15 is 0 Å². The predicted octanol–water partition coefficient (Wildman–Crippen LogP) is 5.39. The molecule has 3 rings (SSSR count). The van der Waals surface area contributed by atoms with Gasteiger partial charge in [0.25, 0.3) is 0 Å². The lowest BCUT2D eigenvalue weighted by atomic mass is 10.1. The summed E-state index contributed by atoms with van der Waals surface area (Å²) in [7, 11) is 7.23. The summed E-state index contributed by atoms with van der Waals surface area (Å²) >= 11 is 0. The van der Waals surface area contributed by atoms with Crippen molar-refractivity contribution >= 4 is 17.6 Å². The first-order valence-electron chi connectivity index (χ1n) is 10.3. The van der Waals surface area contributed by atoms with Crippen LogP contribution in [0, 0.1) is 6.57 Å². The van der Waals surface area contributed by atoms with E-state index in [-0.39, 0.29) is 0 Å². The number of ether oxygens (including phenoxy) is 2. The molecular formula is C26H28N4O2. The highest BCUT2D eigenvalue weighted by Gasteiger charge is 2.13. The molecule has 0 saturated heterocycles. The summed E-state index contributed by atoms with van der Waals surface area (Å²) < 4.78 is 10.6. The summed E-state index contributed by atoms with van der Waals surface area (Å²) in [6.07, 6.45) is 5.52. The molecular weight excluding hydrogens is 400 g/mol. The van der Waals surface area contributed by atoms with Crippen LogP contribution in [-0.2, 0) is 13.1 Å². The maximum Gasteiger partial charge on any atom is 0.212 e. The van der Waals surface area contributed by atoms with Gasteiger partial charge in [-0.3, -0.25) is 4.98 Å². The number of hydrogen-bond acceptors (Lipinski definition) is 5. The van der Waals surface area contributed by atoms with Gasteiger partial charge in [0, 0.05) is 33.4 Å². The third-order valence-electron chi connectivity index (χ3n) is 4.96. The molecule has 6 heteroatoms. The molecule has 0 saturated carbocycles. The van der Waals surface area contributed by atoms with Crippen LogP contribution in [0.25, 0.3) is 10.9 Å². The zero-order chi connectivity index (χ0) is 22.9. The number of hydrogen-bond donors (Lipinski definition) is 0. The van der Waals surface area contributed by atoms with Gasteiger partial charge in [0.2, 0.25) is 5.69 Å². The molecule has 0 atom stereocenters. The largest absolute Gasteiger partial charge is 0.497 e. The third kappa shape index (κ3) is 6.02. The number of nitrogens with zero attached hydrogens (tertiary/aromatic N) is 4. The lowest BCUT2D eigenvalue weighted by Gasteiger charge is -2.25. The predicted molar refractivity (Wildman–Crippen MR) is 129 cm³/mol. The van der Waals surface area contributed by atoms with Crippen molar-refractivity contribution < 1.29 is 9.47 Å². The first kappa shape index (κ1) is 22.7. The minimum Gasteiger partial charge on any atom is -0.497 e. The second kappa shape index (κ2) is 10.9. The minimum atomic E-state index is 0.528. The van der Waals surface area contributed by atoms with E-state index in [1.54, 1.807) is 20.4 Å². The minimum absolute atomic E-state index is 0.528. The van der Waals surface area contributed by atoms with Gasteiger partial charge >= 0.3 is 0 Å². The molecule has 1 heterocycles. The fourth-order valence-corrected chi connectivity index (χ4v) is 3.20. The summed E-state index contributed by atoms with van der Waals surface area (Å²) in [6, 6.07) is 18.0. The van der Waals surface area contributed by atoms with Crippen molar-refractivity contribution in [1.29, 1.82) is 0 Å². The fourth-order valence-electron chi connectivity index (χ4n) is 3.20. The van der Waals surface area contributed by atoms with E-state index in [4.69, 9.17) is 16.0 Å². The smallest absolute Gasteiger partial charge is 0.212 e. The van der Waals surface area contributed by atoms with E-state index in [0.29, 0.717) is 18.8 Å². The second-order valence-corrected chi connectivity index (χ2v) is 7.54. The number of benzene rings is 2. The topological polar surface area (TPSA) is 42.2 Å². The number of aromatic nitrogens is 1. The Morgan fingerprint density at radius 3 is 1.88 bits per heavy atom. The van der Waals surface area contributed by atoms with Gasteiger partial charge in [-0.25, -0.2) is 4.85 Å². The quantitative estimate of drug-likeness (QED) is 0.428. The van der Waals surface area contributed by atoms with E-state index in [9.17, 15) is 0 Å². The van der Waals surface area contributed by atoms with Gasteiger partial charge < -0.3 is 19.3 Å². The number of anilines is 1. The van der Waals surface area contributed by atoms with Crippen molar-refractivity contribution in [3.8, 4) is 11.5 Å². The zero-order valence-electron chi connectivity index (χ0n) is 18.9. The molecule has 0 aliphatic rings. The van der Waals surface area contributed by atoms with E-state index in [0.717, 1.165) is 34.0 Å². The van der Waals surface area contributed by atoms with Crippen LogP contribution < -0.4 is 14.4 Å². The Morgan fingerprint density at radius 1 is 0.906 bits per heavy atom. The van der Waals surface area contributed by atoms with E-state index in [1.165, 1.54) is 0 Å². The Hall–Kier alpha value is -3.98. The Bertz CT molecular complexity index is 1030. The summed E-state index contributed by atoms with van der Waals surface area (Å²) in [5, 5.41) is 0. The molecule has 0 amide bonds. The average Bonchev–Trinajstić information content (AvgIpc) is 2.83. The van der Waals surface area contributed by atoms with E-state index in [2.05, 4.69) is 39.0 Å². The fraction of sp³-hybridized carbons (Fsp3) is 0.231. The van der Waals surface area contributed by atoms with Gasteiger partial charge in [0.15, 0.2) is 0 Å². The van der Waals surface area contributed by atoms with Gasteiger partial charge in [-0.05, 0) is 59.3 Å². The molecule has 0 spiro atoms. The molecule has 0 fully saturated rings. The molecule has 32 heavy (non-hydrogen) atoms. The normalized spacial score (nSPS) is 10.6. The van der Waals surface area contributed by atoms with Crippen molar-refractivity contribution in [2.45, 2.75) is 13.1 Å². The highest BCUT2D eigenvalue weighted by molar-refractivity contribution is 5.69. The highest BCUT2D eigenvalue weighted by atomic mass is 16.5. The van der Waals surface area contributed by atoms with Gasteiger partial charge in [-0.15, -0.1) is 0 Å². The van der Waals surface area contributed by atoms with Crippen LogP contribution >= 0.6 is 0 Å². The third-order valence-corrected chi connectivity index (χ3v) is 4.96.